The van der Waals surface area contributed by atoms with Crippen molar-refractivity contribution in [1.29, 1.82) is 0 Å². The van der Waals surface area contributed by atoms with E-state index in [0.717, 1.165) is 15.6 Å². The lowest BCUT2D eigenvalue weighted by molar-refractivity contribution is -0.120. The summed E-state index contributed by atoms with van der Waals surface area (Å²) in [7, 11) is -7.24. The van der Waals surface area contributed by atoms with Gasteiger partial charge in [-0.1, -0.05) is 45.8 Å². The molecule has 11 heteroatoms. The number of hydrogen-bond acceptors (Lipinski definition) is 5. The van der Waals surface area contributed by atoms with Crippen LogP contribution in [0.25, 0.3) is 0 Å². The number of piperidine rings is 1. The average molecular weight is 607 g/mol. The number of halogens is 1. The summed E-state index contributed by atoms with van der Waals surface area (Å²) in [6.07, 6.45) is 0.838. The number of nitrogens with one attached hydrogen (secondary N) is 2. The second-order valence-electron chi connectivity index (χ2n) is 9.04. The van der Waals surface area contributed by atoms with Gasteiger partial charge in [-0.2, -0.15) is 0 Å². The fourth-order valence-corrected chi connectivity index (χ4v) is 6.96. The monoisotopic (exact) mass is 605 g/mol. The Labute approximate surface area is 226 Å². The van der Waals surface area contributed by atoms with Gasteiger partial charge < -0.3 is 5.32 Å². The van der Waals surface area contributed by atoms with Crippen molar-refractivity contribution in [2.24, 2.45) is 5.92 Å². The lowest BCUT2D eigenvalue weighted by Crippen LogP contribution is -2.41. The van der Waals surface area contributed by atoms with E-state index in [1.807, 2.05) is 31.2 Å². The molecule has 0 bridgehead atoms. The molecule has 0 saturated carbocycles. The first-order valence-corrected chi connectivity index (χ1v) is 15.6. The van der Waals surface area contributed by atoms with Gasteiger partial charge in [-0.25, -0.2) is 21.1 Å². The first-order valence-electron chi connectivity index (χ1n) is 11.7. The molecule has 3 aromatic rings. The minimum atomic E-state index is -3.78. The van der Waals surface area contributed by atoms with Crippen LogP contribution in [0, 0.1) is 12.8 Å². The Bertz CT molecular complexity index is 1450. The fraction of sp³-hybridized carbons (Fsp3) is 0.269. The van der Waals surface area contributed by atoms with Crippen LogP contribution >= 0.6 is 15.9 Å². The summed E-state index contributed by atoms with van der Waals surface area (Å²) < 4.78 is 55.7. The minimum Gasteiger partial charge on any atom is -0.326 e. The topological polar surface area (TPSA) is 113 Å². The van der Waals surface area contributed by atoms with Crippen molar-refractivity contribution in [3.8, 4) is 0 Å². The highest BCUT2D eigenvalue weighted by atomic mass is 79.9. The Kier molecular flexibility index (Phi) is 8.37. The fourth-order valence-electron chi connectivity index (χ4n) is 4.08. The van der Waals surface area contributed by atoms with Gasteiger partial charge in [0.2, 0.25) is 15.9 Å². The average Bonchev–Trinajstić information content (AvgIpc) is 2.87. The molecule has 0 spiro atoms. The summed E-state index contributed by atoms with van der Waals surface area (Å²) >= 11 is 3.31. The van der Waals surface area contributed by atoms with E-state index in [1.54, 1.807) is 24.3 Å². The van der Waals surface area contributed by atoms with Crippen molar-refractivity contribution < 1.29 is 21.6 Å². The Morgan fingerprint density at radius 3 is 2.03 bits per heavy atom. The molecule has 8 nitrogen and oxygen atoms in total. The summed E-state index contributed by atoms with van der Waals surface area (Å²) in [5.74, 6) is -0.594. The van der Waals surface area contributed by atoms with Gasteiger partial charge in [0.05, 0.1) is 10.6 Å². The molecule has 0 radical (unpaired) electrons. The number of benzene rings is 3. The van der Waals surface area contributed by atoms with Crippen LogP contribution in [0.1, 0.15) is 24.0 Å². The first kappa shape index (κ1) is 27.3. The summed E-state index contributed by atoms with van der Waals surface area (Å²) in [6, 6.07) is 20.1. The molecule has 1 aliphatic rings. The van der Waals surface area contributed by atoms with Crippen LogP contribution in [-0.4, -0.2) is 40.1 Å². The zero-order chi connectivity index (χ0) is 26.6. The molecule has 0 aliphatic carbocycles. The van der Waals surface area contributed by atoms with Gasteiger partial charge in [0, 0.05) is 34.9 Å². The Morgan fingerprint density at radius 2 is 1.43 bits per heavy atom. The Hall–Kier alpha value is -2.73. The molecule has 1 heterocycles. The van der Waals surface area contributed by atoms with E-state index < -0.39 is 20.0 Å². The van der Waals surface area contributed by atoms with Crippen molar-refractivity contribution in [2.75, 3.05) is 23.1 Å². The molecule has 1 amide bonds. The molecule has 1 fully saturated rings. The molecule has 37 heavy (non-hydrogen) atoms. The maximum Gasteiger partial charge on any atom is 0.261 e. The van der Waals surface area contributed by atoms with Crippen LogP contribution in [0.3, 0.4) is 0 Å². The molecule has 1 saturated heterocycles. The van der Waals surface area contributed by atoms with Crippen LogP contribution in [0.2, 0.25) is 0 Å². The summed E-state index contributed by atoms with van der Waals surface area (Å²) in [5, 5.41) is 2.82. The predicted molar refractivity (Wildman–Crippen MR) is 148 cm³/mol. The number of aryl methyl sites for hydroxylation is 1. The van der Waals surface area contributed by atoms with E-state index in [1.165, 1.54) is 28.6 Å². The van der Waals surface area contributed by atoms with Gasteiger partial charge in [0.25, 0.3) is 10.0 Å². The van der Waals surface area contributed by atoms with Crippen molar-refractivity contribution in [1.82, 2.24) is 4.31 Å². The molecule has 4 rings (SSSR count). The standard InChI is InChI=1S/C26H28BrN3O5S2/c1-19-2-4-20(5-3-19)18-36(32,33)30-16-14-21(15-17-30)26(31)28-23-10-12-25(13-11-23)37(34,35)29-24-8-6-22(27)7-9-24/h2-13,21,29H,14-18H2,1H3,(H,28,31). The van der Waals surface area contributed by atoms with Crippen molar-refractivity contribution in [3.63, 3.8) is 0 Å². The largest absolute Gasteiger partial charge is 0.326 e. The highest BCUT2D eigenvalue weighted by Gasteiger charge is 2.31. The number of rotatable bonds is 8. The van der Waals surface area contributed by atoms with Crippen LogP contribution in [-0.2, 0) is 30.6 Å². The molecule has 0 aromatic heterocycles. The van der Waals surface area contributed by atoms with Gasteiger partial charge >= 0.3 is 0 Å². The number of hydrogen-bond donors (Lipinski definition) is 2. The first-order chi connectivity index (χ1) is 17.5. The third kappa shape index (κ3) is 7.19. The summed E-state index contributed by atoms with van der Waals surface area (Å²) in [6.45, 7) is 2.52. The Morgan fingerprint density at radius 1 is 0.865 bits per heavy atom. The number of carbonyl (C=O) groups excluding carboxylic acids is 1. The van der Waals surface area contributed by atoms with E-state index in [9.17, 15) is 21.6 Å². The van der Waals surface area contributed by atoms with E-state index in [4.69, 9.17) is 0 Å². The van der Waals surface area contributed by atoms with Gasteiger partial charge in [0.15, 0.2) is 0 Å². The highest BCUT2D eigenvalue weighted by Crippen LogP contribution is 2.24. The van der Waals surface area contributed by atoms with Crippen LogP contribution in [0.5, 0.6) is 0 Å². The predicted octanol–water partition coefficient (Wildman–Crippen LogP) is 4.74. The molecule has 0 unspecified atom stereocenters. The maximum atomic E-state index is 12.8. The van der Waals surface area contributed by atoms with Gasteiger partial charge in [-0.05, 0) is 73.9 Å². The quantitative estimate of drug-likeness (QED) is 0.385. The van der Waals surface area contributed by atoms with Crippen LogP contribution in [0.4, 0.5) is 11.4 Å². The van der Waals surface area contributed by atoms with E-state index >= 15 is 0 Å². The lowest BCUT2D eigenvalue weighted by atomic mass is 9.97. The number of anilines is 2. The van der Waals surface area contributed by atoms with Crippen molar-refractivity contribution in [3.05, 3.63) is 88.4 Å². The maximum absolute atomic E-state index is 12.8. The van der Waals surface area contributed by atoms with Crippen LogP contribution < -0.4 is 10.0 Å². The van der Waals surface area contributed by atoms with E-state index in [-0.39, 0.29) is 35.6 Å². The third-order valence-corrected chi connectivity index (χ3v) is 9.99. The minimum absolute atomic E-state index is 0.0594. The zero-order valence-corrected chi connectivity index (χ0v) is 23.4. The molecule has 3 aromatic carbocycles. The van der Waals surface area contributed by atoms with Gasteiger partial charge in [-0.15, -0.1) is 0 Å². The molecular weight excluding hydrogens is 578 g/mol. The lowest BCUT2D eigenvalue weighted by Gasteiger charge is -2.30. The number of sulfonamides is 2. The van der Waals surface area contributed by atoms with Crippen LogP contribution in [0.15, 0.2) is 82.2 Å². The summed E-state index contributed by atoms with van der Waals surface area (Å²) in [4.78, 5) is 12.9. The van der Waals surface area contributed by atoms with E-state index in [2.05, 4.69) is 26.0 Å². The second kappa shape index (κ2) is 11.3. The van der Waals surface area contributed by atoms with Gasteiger partial charge in [-0.3, -0.25) is 9.52 Å². The van der Waals surface area contributed by atoms with Gasteiger partial charge in [0.1, 0.15) is 0 Å². The molecule has 1 aliphatic heterocycles. The molecule has 0 atom stereocenters. The van der Waals surface area contributed by atoms with Crippen molar-refractivity contribution >= 4 is 53.3 Å². The molecule has 196 valence electrons. The van der Waals surface area contributed by atoms with Crippen molar-refractivity contribution in [2.45, 2.75) is 30.4 Å². The highest BCUT2D eigenvalue weighted by molar-refractivity contribution is 9.10. The Balaban J connectivity index is 1.30. The number of carbonyl (C=O) groups is 1. The second-order valence-corrected chi connectivity index (χ2v) is 13.6. The number of nitrogens with zero attached hydrogens (tertiary/aromatic N) is 1. The SMILES string of the molecule is Cc1ccc(CS(=O)(=O)N2CCC(C(=O)Nc3ccc(S(=O)(=O)Nc4ccc(Br)cc4)cc3)CC2)cc1. The smallest absolute Gasteiger partial charge is 0.261 e. The summed E-state index contributed by atoms with van der Waals surface area (Å²) in [5.41, 5.74) is 2.72. The third-order valence-electron chi connectivity index (χ3n) is 6.22. The molecule has 2 N–H and O–H groups in total. The zero-order valence-electron chi connectivity index (χ0n) is 20.2. The van der Waals surface area contributed by atoms with E-state index in [0.29, 0.717) is 24.2 Å². The molecular formula is C26H28BrN3O5S2. The number of amides is 1. The normalized spacial score (nSPS) is 15.3.